The summed E-state index contributed by atoms with van der Waals surface area (Å²) in [6.07, 6.45) is 7.63. The number of allylic oxidation sites excluding steroid dienone is 2. The van der Waals surface area contributed by atoms with Crippen molar-refractivity contribution < 1.29 is 17.9 Å². The van der Waals surface area contributed by atoms with E-state index in [9.17, 15) is 8.78 Å². The third kappa shape index (κ3) is 4.00. The minimum Gasteiger partial charge on any atom is -0.491 e. The minimum absolute atomic E-state index is 0.0294. The van der Waals surface area contributed by atoms with Crippen LogP contribution in [0.2, 0.25) is 0 Å². The molecule has 2 nitrogen and oxygen atoms in total. The molecule has 26 heavy (non-hydrogen) atoms. The lowest BCUT2D eigenvalue weighted by molar-refractivity contribution is 0.314. The summed E-state index contributed by atoms with van der Waals surface area (Å²) in [5.41, 5.74) is 1.20. The standard InChI is InChI=1S/C22H26F2O2/c1-3-5-6-17-11-13-19(26-17)16-9-7-15(8-10-16)18-12-14-20(25-4-2)22(24)21(18)23/h7,11-14,16H,3-6,8-10H2,1-2H3. The maximum absolute atomic E-state index is 14.4. The number of unbranched alkanes of at least 4 members (excludes halogenated alkanes) is 1. The Morgan fingerprint density at radius 1 is 1.12 bits per heavy atom. The molecular weight excluding hydrogens is 334 g/mol. The Bertz CT molecular complexity index is 776. The van der Waals surface area contributed by atoms with E-state index < -0.39 is 11.6 Å². The lowest BCUT2D eigenvalue weighted by Crippen LogP contribution is -2.06. The number of benzene rings is 1. The van der Waals surface area contributed by atoms with Crippen molar-refractivity contribution in [1.29, 1.82) is 0 Å². The van der Waals surface area contributed by atoms with E-state index in [4.69, 9.17) is 9.15 Å². The van der Waals surface area contributed by atoms with Gasteiger partial charge in [-0.25, -0.2) is 4.39 Å². The monoisotopic (exact) mass is 360 g/mol. The van der Waals surface area contributed by atoms with E-state index in [2.05, 4.69) is 19.1 Å². The van der Waals surface area contributed by atoms with Crippen molar-refractivity contribution in [3.05, 3.63) is 59.1 Å². The van der Waals surface area contributed by atoms with E-state index in [1.165, 1.54) is 6.07 Å². The van der Waals surface area contributed by atoms with Gasteiger partial charge in [0.15, 0.2) is 11.6 Å². The van der Waals surface area contributed by atoms with Crippen LogP contribution in [0.1, 0.15) is 69.0 Å². The number of halogens is 2. The average Bonchev–Trinajstić information content (AvgIpc) is 3.13. The fraction of sp³-hybridized carbons (Fsp3) is 0.455. The maximum Gasteiger partial charge on any atom is 0.201 e. The second-order valence-corrected chi connectivity index (χ2v) is 6.78. The van der Waals surface area contributed by atoms with E-state index in [1.54, 1.807) is 13.0 Å². The molecule has 0 radical (unpaired) electrons. The lowest BCUT2D eigenvalue weighted by Gasteiger charge is -2.21. The fourth-order valence-corrected chi connectivity index (χ4v) is 3.48. The molecule has 140 valence electrons. The number of furan rings is 1. The van der Waals surface area contributed by atoms with Crippen molar-refractivity contribution in [3.63, 3.8) is 0 Å². The topological polar surface area (TPSA) is 22.4 Å². The van der Waals surface area contributed by atoms with Crippen LogP contribution >= 0.6 is 0 Å². The van der Waals surface area contributed by atoms with Crippen molar-refractivity contribution >= 4 is 5.57 Å². The van der Waals surface area contributed by atoms with Gasteiger partial charge in [-0.1, -0.05) is 19.4 Å². The molecule has 0 bridgehead atoms. The Hall–Kier alpha value is -2.10. The first-order chi connectivity index (χ1) is 12.6. The van der Waals surface area contributed by atoms with E-state index in [0.717, 1.165) is 49.2 Å². The van der Waals surface area contributed by atoms with Crippen LogP contribution in [0.3, 0.4) is 0 Å². The molecule has 0 amide bonds. The summed E-state index contributed by atoms with van der Waals surface area (Å²) in [6, 6.07) is 7.25. The Kier molecular flexibility index (Phi) is 6.12. The summed E-state index contributed by atoms with van der Waals surface area (Å²) in [5.74, 6) is 0.600. The van der Waals surface area contributed by atoms with Crippen LogP contribution in [0.5, 0.6) is 5.75 Å². The zero-order valence-electron chi connectivity index (χ0n) is 15.5. The molecule has 1 atom stereocenters. The highest BCUT2D eigenvalue weighted by Gasteiger charge is 2.23. The molecule has 0 saturated carbocycles. The second-order valence-electron chi connectivity index (χ2n) is 6.78. The van der Waals surface area contributed by atoms with Gasteiger partial charge in [0, 0.05) is 17.9 Å². The van der Waals surface area contributed by atoms with Crippen molar-refractivity contribution in [2.45, 2.75) is 58.3 Å². The quantitative estimate of drug-likeness (QED) is 0.551. The molecule has 1 aromatic carbocycles. The lowest BCUT2D eigenvalue weighted by atomic mass is 9.85. The fourth-order valence-electron chi connectivity index (χ4n) is 3.48. The van der Waals surface area contributed by atoms with Gasteiger partial charge >= 0.3 is 0 Å². The first-order valence-corrected chi connectivity index (χ1v) is 9.52. The third-order valence-corrected chi connectivity index (χ3v) is 4.97. The Morgan fingerprint density at radius 2 is 1.96 bits per heavy atom. The van der Waals surface area contributed by atoms with E-state index in [1.807, 2.05) is 6.08 Å². The Balaban J connectivity index is 1.71. The molecule has 1 unspecified atom stereocenters. The number of aryl methyl sites for hydroxylation is 1. The predicted molar refractivity (Wildman–Crippen MR) is 99.4 cm³/mol. The van der Waals surface area contributed by atoms with Crippen molar-refractivity contribution in [3.8, 4) is 5.75 Å². The van der Waals surface area contributed by atoms with E-state index in [0.29, 0.717) is 24.5 Å². The molecule has 0 N–H and O–H groups in total. The van der Waals surface area contributed by atoms with Gasteiger partial charge in [0.1, 0.15) is 11.5 Å². The van der Waals surface area contributed by atoms with Gasteiger partial charge in [-0.15, -0.1) is 0 Å². The zero-order valence-corrected chi connectivity index (χ0v) is 15.5. The summed E-state index contributed by atoms with van der Waals surface area (Å²) in [5, 5.41) is 0. The molecule has 0 spiro atoms. The van der Waals surface area contributed by atoms with Crippen LogP contribution in [0, 0.1) is 11.6 Å². The number of hydrogen-bond acceptors (Lipinski definition) is 2. The van der Waals surface area contributed by atoms with E-state index in [-0.39, 0.29) is 5.75 Å². The van der Waals surface area contributed by atoms with Crippen LogP contribution < -0.4 is 4.74 Å². The molecule has 1 aromatic heterocycles. The smallest absolute Gasteiger partial charge is 0.201 e. The molecular formula is C22H26F2O2. The van der Waals surface area contributed by atoms with Crippen LogP contribution in [-0.2, 0) is 6.42 Å². The normalized spacial score (nSPS) is 17.2. The van der Waals surface area contributed by atoms with Crippen molar-refractivity contribution in [2.24, 2.45) is 0 Å². The molecule has 0 aliphatic heterocycles. The largest absolute Gasteiger partial charge is 0.491 e. The van der Waals surface area contributed by atoms with E-state index >= 15 is 0 Å². The van der Waals surface area contributed by atoms with Crippen LogP contribution in [-0.4, -0.2) is 6.61 Å². The summed E-state index contributed by atoms with van der Waals surface area (Å²) < 4.78 is 39.6. The Labute approximate surface area is 153 Å². The third-order valence-electron chi connectivity index (χ3n) is 4.97. The predicted octanol–water partition coefficient (Wildman–Crippen LogP) is 6.65. The summed E-state index contributed by atoms with van der Waals surface area (Å²) in [6.45, 7) is 4.22. The average molecular weight is 360 g/mol. The molecule has 3 rings (SSSR count). The highest BCUT2D eigenvalue weighted by atomic mass is 19.2. The van der Waals surface area contributed by atoms with Crippen LogP contribution in [0.25, 0.3) is 5.57 Å². The van der Waals surface area contributed by atoms with Gasteiger partial charge in [-0.3, -0.25) is 0 Å². The van der Waals surface area contributed by atoms with Gasteiger partial charge in [-0.2, -0.15) is 4.39 Å². The zero-order chi connectivity index (χ0) is 18.5. The van der Waals surface area contributed by atoms with Crippen LogP contribution in [0.4, 0.5) is 8.78 Å². The van der Waals surface area contributed by atoms with Crippen molar-refractivity contribution in [1.82, 2.24) is 0 Å². The molecule has 0 fully saturated rings. The molecule has 1 heterocycles. The van der Waals surface area contributed by atoms with Gasteiger partial charge in [0.25, 0.3) is 0 Å². The number of rotatable bonds is 7. The number of hydrogen-bond donors (Lipinski definition) is 0. The first-order valence-electron chi connectivity index (χ1n) is 9.52. The van der Waals surface area contributed by atoms with Gasteiger partial charge < -0.3 is 9.15 Å². The maximum atomic E-state index is 14.4. The van der Waals surface area contributed by atoms with Gasteiger partial charge in [-0.05, 0) is 62.4 Å². The molecule has 2 aromatic rings. The molecule has 0 saturated heterocycles. The van der Waals surface area contributed by atoms with Crippen LogP contribution in [0.15, 0.2) is 34.8 Å². The number of ether oxygens (including phenoxy) is 1. The Morgan fingerprint density at radius 3 is 2.65 bits per heavy atom. The molecule has 1 aliphatic carbocycles. The SMILES string of the molecule is CCCCc1ccc(C2CC=C(c3ccc(OCC)c(F)c3F)CC2)o1. The minimum atomic E-state index is -0.904. The first kappa shape index (κ1) is 18.7. The summed E-state index contributed by atoms with van der Waals surface area (Å²) >= 11 is 0. The van der Waals surface area contributed by atoms with Gasteiger partial charge in [0.05, 0.1) is 6.61 Å². The summed E-state index contributed by atoms with van der Waals surface area (Å²) in [4.78, 5) is 0. The summed E-state index contributed by atoms with van der Waals surface area (Å²) in [7, 11) is 0. The molecule has 1 aliphatic rings. The highest BCUT2D eigenvalue weighted by molar-refractivity contribution is 5.67. The highest BCUT2D eigenvalue weighted by Crippen LogP contribution is 2.38. The van der Waals surface area contributed by atoms with Gasteiger partial charge in [0.2, 0.25) is 5.82 Å². The second kappa shape index (κ2) is 8.52. The van der Waals surface area contributed by atoms with Crippen molar-refractivity contribution in [2.75, 3.05) is 6.61 Å². The molecule has 4 heteroatoms.